The summed E-state index contributed by atoms with van der Waals surface area (Å²) in [6.45, 7) is 0. The third kappa shape index (κ3) is 3.68. The lowest BCUT2D eigenvalue weighted by molar-refractivity contribution is 0.570. The molecule has 0 amide bonds. The zero-order valence-corrected chi connectivity index (χ0v) is 12.7. The van der Waals surface area contributed by atoms with Gasteiger partial charge in [0.2, 0.25) is 0 Å². The molecule has 2 aromatic carbocycles. The fourth-order valence-electron chi connectivity index (χ4n) is 1.74. The Bertz CT molecular complexity index is 602. The zero-order chi connectivity index (χ0) is 14.0. The first kappa shape index (κ1) is 14.8. The smallest absolute Gasteiger partial charge is 0.129 e. The molecule has 0 N–H and O–H groups in total. The van der Waals surface area contributed by atoms with Crippen LogP contribution in [-0.2, 0) is 6.42 Å². The number of halogens is 5. The van der Waals surface area contributed by atoms with Crippen molar-refractivity contribution < 1.29 is 8.78 Å². The highest BCUT2D eigenvalue weighted by atomic mass is 79.9. The normalized spacial score (nSPS) is 12.5. The molecule has 100 valence electrons. The van der Waals surface area contributed by atoms with E-state index in [-0.39, 0.29) is 6.42 Å². The van der Waals surface area contributed by atoms with E-state index in [1.54, 1.807) is 18.2 Å². The van der Waals surface area contributed by atoms with E-state index in [4.69, 9.17) is 23.2 Å². The van der Waals surface area contributed by atoms with Crippen LogP contribution in [0.5, 0.6) is 0 Å². The second-order valence-corrected chi connectivity index (χ2v) is 5.92. The average Bonchev–Trinajstić information content (AvgIpc) is 2.35. The second-order valence-electron chi connectivity index (χ2n) is 4.07. The van der Waals surface area contributed by atoms with Gasteiger partial charge in [-0.1, -0.05) is 33.6 Å². The third-order valence-electron chi connectivity index (χ3n) is 2.71. The van der Waals surface area contributed by atoms with Crippen LogP contribution in [0.4, 0.5) is 8.78 Å². The van der Waals surface area contributed by atoms with Crippen LogP contribution in [0.1, 0.15) is 16.5 Å². The van der Waals surface area contributed by atoms with Crippen LogP contribution in [0.3, 0.4) is 0 Å². The molecule has 0 radical (unpaired) electrons. The van der Waals surface area contributed by atoms with E-state index in [1.165, 1.54) is 12.1 Å². The first-order chi connectivity index (χ1) is 8.97. The maximum atomic E-state index is 13.6. The Balaban J connectivity index is 2.25. The van der Waals surface area contributed by atoms with Crippen molar-refractivity contribution in [1.82, 2.24) is 0 Å². The molecule has 0 aliphatic carbocycles. The van der Waals surface area contributed by atoms with Gasteiger partial charge in [0.25, 0.3) is 0 Å². The highest BCUT2D eigenvalue weighted by Crippen LogP contribution is 2.33. The minimum atomic E-state index is -0.604. The standard InChI is InChI=1S/C14H9BrCl2F2/c15-9-2-4-12(16)11(6-9)13(17)5-8-1-3-10(18)7-14(8)19/h1-4,6-7,13H,5H2. The second kappa shape index (κ2) is 6.21. The molecule has 2 aromatic rings. The summed E-state index contributed by atoms with van der Waals surface area (Å²) >= 11 is 15.7. The molecule has 0 spiro atoms. The molecule has 0 nitrogen and oxygen atoms in total. The van der Waals surface area contributed by atoms with Gasteiger partial charge in [0.05, 0.1) is 5.38 Å². The van der Waals surface area contributed by atoms with Gasteiger partial charge in [-0.2, -0.15) is 0 Å². The van der Waals surface area contributed by atoms with Gasteiger partial charge >= 0.3 is 0 Å². The predicted molar refractivity (Wildman–Crippen MR) is 77.8 cm³/mol. The molecule has 0 aliphatic rings. The highest BCUT2D eigenvalue weighted by molar-refractivity contribution is 9.10. The SMILES string of the molecule is Fc1ccc(CC(Cl)c2cc(Br)ccc2Cl)c(F)c1. The van der Waals surface area contributed by atoms with Crippen LogP contribution >= 0.6 is 39.1 Å². The molecule has 0 saturated carbocycles. The molecule has 0 aliphatic heterocycles. The Kier molecular flexibility index (Phi) is 4.82. The first-order valence-electron chi connectivity index (χ1n) is 5.50. The molecule has 2 rings (SSSR count). The van der Waals surface area contributed by atoms with Gasteiger partial charge in [-0.25, -0.2) is 8.78 Å². The molecular weight excluding hydrogens is 357 g/mol. The molecule has 19 heavy (non-hydrogen) atoms. The lowest BCUT2D eigenvalue weighted by atomic mass is 10.0. The topological polar surface area (TPSA) is 0 Å². The number of alkyl halides is 1. The van der Waals surface area contributed by atoms with Crippen molar-refractivity contribution in [3.05, 3.63) is 68.7 Å². The summed E-state index contributed by atoms with van der Waals surface area (Å²) in [5.74, 6) is -1.20. The summed E-state index contributed by atoms with van der Waals surface area (Å²) in [5.41, 5.74) is 1.07. The fourth-order valence-corrected chi connectivity index (χ4v) is 2.78. The summed E-state index contributed by atoms with van der Waals surface area (Å²) in [6.07, 6.45) is 0.240. The Morgan fingerprint density at radius 3 is 2.53 bits per heavy atom. The molecule has 0 aromatic heterocycles. The number of benzene rings is 2. The van der Waals surface area contributed by atoms with Gasteiger partial charge in [0.1, 0.15) is 11.6 Å². The van der Waals surface area contributed by atoms with Crippen molar-refractivity contribution in [1.29, 1.82) is 0 Å². The third-order valence-corrected chi connectivity index (χ3v) is 3.94. The minimum absolute atomic E-state index is 0.240. The number of hydrogen-bond acceptors (Lipinski definition) is 0. The number of hydrogen-bond donors (Lipinski definition) is 0. The van der Waals surface area contributed by atoms with Crippen LogP contribution in [0.15, 0.2) is 40.9 Å². The molecule has 0 fully saturated rings. The Labute approximate surface area is 128 Å². The monoisotopic (exact) mass is 364 g/mol. The molecule has 0 heterocycles. The largest absolute Gasteiger partial charge is 0.207 e. The van der Waals surface area contributed by atoms with Crippen molar-refractivity contribution in [3.8, 4) is 0 Å². The molecule has 1 unspecified atom stereocenters. The van der Waals surface area contributed by atoms with Gasteiger partial charge in [0.15, 0.2) is 0 Å². The molecule has 0 bridgehead atoms. The van der Waals surface area contributed by atoms with Gasteiger partial charge in [0, 0.05) is 15.6 Å². The lowest BCUT2D eigenvalue weighted by Crippen LogP contribution is -2.00. The van der Waals surface area contributed by atoms with Crippen LogP contribution in [0.2, 0.25) is 5.02 Å². The average molecular weight is 366 g/mol. The van der Waals surface area contributed by atoms with Gasteiger partial charge in [-0.3, -0.25) is 0 Å². The fraction of sp³-hybridized carbons (Fsp3) is 0.143. The molecule has 5 heteroatoms. The Hall–Kier alpha value is -0.640. The van der Waals surface area contributed by atoms with Gasteiger partial charge in [-0.15, -0.1) is 11.6 Å². The first-order valence-corrected chi connectivity index (χ1v) is 7.11. The molecular formula is C14H9BrCl2F2. The van der Waals surface area contributed by atoms with Crippen LogP contribution < -0.4 is 0 Å². The summed E-state index contributed by atoms with van der Waals surface area (Å²) in [6, 6.07) is 8.77. The van der Waals surface area contributed by atoms with Crippen LogP contribution in [0, 0.1) is 11.6 Å². The van der Waals surface area contributed by atoms with E-state index >= 15 is 0 Å². The summed E-state index contributed by atoms with van der Waals surface area (Å²) in [5, 5.41) is 0.0377. The lowest BCUT2D eigenvalue weighted by Gasteiger charge is -2.13. The predicted octanol–water partition coefficient (Wildman–Crippen LogP) is 5.90. The quantitative estimate of drug-likeness (QED) is 0.593. The summed E-state index contributed by atoms with van der Waals surface area (Å²) < 4.78 is 27.2. The van der Waals surface area contributed by atoms with Crippen molar-refractivity contribution in [2.45, 2.75) is 11.8 Å². The van der Waals surface area contributed by atoms with Crippen molar-refractivity contribution >= 4 is 39.1 Å². The zero-order valence-electron chi connectivity index (χ0n) is 9.64. The van der Waals surface area contributed by atoms with Gasteiger partial charge in [-0.05, 0) is 41.8 Å². The van der Waals surface area contributed by atoms with E-state index in [9.17, 15) is 8.78 Å². The maximum absolute atomic E-state index is 13.6. The van der Waals surface area contributed by atoms with E-state index in [0.717, 1.165) is 10.5 Å². The molecule has 0 saturated heterocycles. The van der Waals surface area contributed by atoms with Crippen molar-refractivity contribution in [3.63, 3.8) is 0 Å². The van der Waals surface area contributed by atoms with E-state index < -0.39 is 17.0 Å². The summed E-state index contributed by atoms with van der Waals surface area (Å²) in [7, 11) is 0. The van der Waals surface area contributed by atoms with Gasteiger partial charge < -0.3 is 0 Å². The summed E-state index contributed by atoms with van der Waals surface area (Å²) in [4.78, 5) is 0. The van der Waals surface area contributed by atoms with E-state index in [0.29, 0.717) is 16.1 Å². The van der Waals surface area contributed by atoms with E-state index in [2.05, 4.69) is 15.9 Å². The van der Waals surface area contributed by atoms with Crippen LogP contribution in [0.25, 0.3) is 0 Å². The molecule has 1 atom stereocenters. The maximum Gasteiger partial charge on any atom is 0.129 e. The van der Waals surface area contributed by atoms with Crippen molar-refractivity contribution in [2.24, 2.45) is 0 Å². The minimum Gasteiger partial charge on any atom is -0.207 e. The van der Waals surface area contributed by atoms with Crippen LogP contribution in [-0.4, -0.2) is 0 Å². The Morgan fingerprint density at radius 1 is 1.11 bits per heavy atom. The Morgan fingerprint density at radius 2 is 1.84 bits per heavy atom. The van der Waals surface area contributed by atoms with E-state index in [1.807, 2.05) is 0 Å². The number of rotatable bonds is 3. The highest BCUT2D eigenvalue weighted by Gasteiger charge is 2.15. The van der Waals surface area contributed by atoms with Crippen molar-refractivity contribution in [2.75, 3.05) is 0 Å².